The lowest BCUT2D eigenvalue weighted by molar-refractivity contribution is -1.03. The highest BCUT2D eigenvalue weighted by atomic mass is 16.7. The molecular formula is C10H16NO+. The van der Waals surface area contributed by atoms with Gasteiger partial charge in [0.25, 0.3) is 0 Å². The second-order valence-electron chi connectivity index (χ2n) is 3.75. The molecule has 0 N–H and O–H groups in total. The summed E-state index contributed by atoms with van der Waals surface area (Å²) in [6.07, 6.45) is 0. The largest absolute Gasteiger partial charge is 0.316 e. The van der Waals surface area contributed by atoms with E-state index in [0.29, 0.717) is 4.65 Å². The molecule has 0 aliphatic rings. The lowest BCUT2D eigenvalue weighted by Gasteiger charge is -2.22. The van der Waals surface area contributed by atoms with Gasteiger partial charge in [-0.3, -0.25) is 0 Å². The number of para-hydroxylation sites is 1. The third-order valence-corrected chi connectivity index (χ3v) is 1.47. The molecule has 0 unspecified atom stereocenters. The number of hydroxylamine groups is 3. The van der Waals surface area contributed by atoms with E-state index < -0.39 is 0 Å². The first-order valence-corrected chi connectivity index (χ1v) is 4.06. The monoisotopic (exact) mass is 166 g/mol. The van der Waals surface area contributed by atoms with Crippen LogP contribution in [0.2, 0.25) is 0 Å². The molecule has 1 aromatic carbocycles. The molecule has 0 saturated carbocycles. The fourth-order valence-electron chi connectivity index (χ4n) is 0.954. The average molecular weight is 166 g/mol. The smallest absolute Gasteiger partial charge is 0.193 e. The molecule has 2 nitrogen and oxygen atoms in total. The van der Waals surface area contributed by atoms with Gasteiger partial charge in [-0.05, 0) is 18.6 Å². The van der Waals surface area contributed by atoms with Crippen molar-refractivity contribution in [2.45, 2.75) is 6.92 Å². The third-order valence-electron chi connectivity index (χ3n) is 1.47. The Morgan fingerprint density at radius 1 is 1.08 bits per heavy atom. The Labute approximate surface area is 73.9 Å². The van der Waals surface area contributed by atoms with Gasteiger partial charge in [-0.2, -0.15) is 0 Å². The molecule has 1 aromatic rings. The Morgan fingerprint density at radius 2 is 1.67 bits per heavy atom. The molecule has 0 aliphatic carbocycles. The van der Waals surface area contributed by atoms with Gasteiger partial charge < -0.3 is 4.84 Å². The minimum atomic E-state index is 0.491. The quantitative estimate of drug-likeness (QED) is 0.482. The summed E-state index contributed by atoms with van der Waals surface area (Å²) in [5.74, 6) is 0.949. The molecule has 0 heterocycles. The van der Waals surface area contributed by atoms with Crippen molar-refractivity contribution < 1.29 is 9.48 Å². The molecular weight excluding hydrogens is 150 g/mol. The molecule has 1 rings (SSSR count). The zero-order chi connectivity index (χ0) is 9.19. The normalized spacial score (nSPS) is 11.3. The molecule has 2 heteroatoms. The van der Waals surface area contributed by atoms with Crippen LogP contribution in [0.4, 0.5) is 0 Å². The molecule has 0 spiro atoms. The Balaban J connectivity index is 2.83. The summed E-state index contributed by atoms with van der Waals surface area (Å²) in [4.78, 5) is 5.67. The maximum absolute atomic E-state index is 5.67. The van der Waals surface area contributed by atoms with Crippen LogP contribution in [0, 0.1) is 6.92 Å². The van der Waals surface area contributed by atoms with Gasteiger partial charge in [-0.15, -0.1) is 4.65 Å². The van der Waals surface area contributed by atoms with E-state index in [-0.39, 0.29) is 0 Å². The molecule has 0 bridgehead atoms. The first-order valence-electron chi connectivity index (χ1n) is 4.06. The fraction of sp³-hybridized carbons (Fsp3) is 0.400. The minimum Gasteiger partial charge on any atom is -0.316 e. The van der Waals surface area contributed by atoms with Crippen molar-refractivity contribution in [2.75, 3.05) is 21.1 Å². The summed E-state index contributed by atoms with van der Waals surface area (Å²) in [6.45, 7) is 2.05. The van der Waals surface area contributed by atoms with Crippen LogP contribution in [0.15, 0.2) is 24.3 Å². The van der Waals surface area contributed by atoms with Crippen LogP contribution in [0.25, 0.3) is 0 Å². The van der Waals surface area contributed by atoms with Gasteiger partial charge in [-0.25, -0.2) is 0 Å². The molecule has 12 heavy (non-hydrogen) atoms. The number of aryl methyl sites for hydroxylation is 1. The maximum Gasteiger partial charge on any atom is 0.193 e. The lowest BCUT2D eigenvalue weighted by Crippen LogP contribution is -2.38. The second-order valence-corrected chi connectivity index (χ2v) is 3.75. The number of rotatable bonds is 2. The average Bonchev–Trinajstić information content (AvgIpc) is 1.91. The molecule has 0 amide bonds. The second kappa shape index (κ2) is 3.15. The van der Waals surface area contributed by atoms with Crippen molar-refractivity contribution in [3.05, 3.63) is 29.8 Å². The predicted molar refractivity (Wildman–Crippen MR) is 49.8 cm³/mol. The highest BCUT2D eigenvalue weighted by Crippen LogP contribution is 2.18. The summed E-state index contributed by atoms with van der Waals surface area (Å²) in [7, 11) is 5.98. The van der Waals surface area contributed by atoms with Crippen molar-refractivity contribution in [2.24, 2.45) is 0 Å². The third kappa shape index (κ3) is 2.55. The van der Waals surface area contributed by atoms with Gasteiger partial charge in [0, 0.05) is 0 Å². The highest BCUT2D eigenvalue weighted by molar-refractivity contribution is 5.31. The van der Waals surface area contributed by atoms with Gasteiger partial charge in [0.05, 0.1) is 0 Å². The van der Waals surface area contributed by atoms with E-state index in [1.807, 2.05) is 52.3 Å². The molecule has 66 valence electrons. The molecule has 0 aliphatic heterocycles. The maximum atomic E-state index is 5.67. The highest BCUT2D eigenvalue weighted by Gasteiger charge is 2.10. The van der Waals surface area contributed by atoms with Crippen molar-refractivity contribution in [1.82, 2.24) is 0 Å². The van der Waals surface area contributed by atoms with Crippen molar-refractivity contribution in [3.63, 3.8) is 0 Å². The zero-order valence-corrected chi connectivity index (χ0v) is 8.16. The molecule has 0 radical (unpaired) electrons. The van der Waals surface area contributed by atoms with Crippen LogP contribution in [0.1, 0.15) is 5.56 Å². The van der Waals surface area contributed by atoms with Crippen molar-refractivity contribution >= 4 is 0 Å². The summed E-state index contributed by atoms with van der Waals surface area (Å²) in [6, 6.07) is 8.03. The number of hydrogen-bond donors (Lipinski definition) is 0. The molecule has 0 aromatic heterocycles. The van der Waals surface area contributed by atoms with Crippen LogP contribution in [0.5, 0.6) is 5.75 Å². The molecule has 0 atom stereocenters. The van der Waals surface area contributed by atoms with Crippen LogP contribution in [-0.4, -0.2) is 25.8 Å². The number of nitrogens with zero attached hydrogens (tertiary/aromatic N) is 1. The Morgan fingerprint density at radius 3 is 2.17 bits per heavy atom. The molecule has 0 saturated heterocycles. The van der Waals surface area contributed by atoms with Gasteiger partial charge >= 0.3 is 0 Å². The summed E-state index contributed by atoms with van der Waals surface area (Å²) in [5.41, 5.74) is 1.17. The van der Waals surface area contributed by atoms with E-state index in [4.69, 9.17) is 4.84 Å². The van der Waals surface area contributed by atoms with Crippen LogP contribution in [0.3, 0.4) is 0 Å². The van der Waals surface area contributed by atoms with Gasteiger partial charge in [0.15, 0.2) is 5.75 Å². The zero-order valence-electron chi connectivity index (χ0n) is 8.16. The summed E-state index contributed by atoms with van der Waals surface area (Å²) < 4.78 is 0.491. The summed E-state index contributed by atoms with van der Waals surface area (Å²) >= 11 is 0. The van der Waals surface area contributed by atoms with E-state index in [2.05, 4.69) is 0 Å². The van der Waals surface area contributed by atoms with Gasteiger partial charge in [0.1, 0.15) is 21.1 Å². The van der Waals surface area contributed by atoms with E-state index in [1.165, 1.54) is 5.56 Å². The van der Waals surface area contributed by atoms with Crippen LogP contribution >= 0.6 is 0 Å². The van der Waals surface area contributed by atoms with Gasteiger partial charge in [0.2, 0.25) is 0 Å². The predicted octanol–water partition coefficient (Wildman–Crippen LogP) is 2.00. The number of hydrogen-bond acceptors (Lipinski definition) is 1. The number of benzene rings is 1. The minimum absolute atomic E-state index is 0.491. The lowest BCUT2D eigenvalue weighted by atomic mass is 10.2. The van der Waals surface area contributed by atoms with Gasteiger partial charge in [-0.1, -0.05) is 18.2 Å². The SMILES string of the molecule is Cc1ccccc1O[N+](C)(C)C. The summed E-state index contributed by atoms with van der Waals surface area (Å²) in [5, 5.41) is 0. The van der Waals surface area contributed by atoms with E-state index in [0.717, 1.165) is 5.75 Å². The fourth-order valence-corrected chi connectivity index (χ4v) is 0.954. The first kappa shape index (κ1) is 9.07. The Bertz CT molecular complexity index is 263. The first-order chi connectivity index (χ1) is 5.49. The number of quaternary nitrogens is 1. The molecule has 0 fully saturated rings. The van der Waals surface area contributed by atoms with Crippen molar-refractivity contribution in [1.29, 1.82) is 0 Å². The van der Waals surface area contributed by atoms with Crippen molar-refractivity contribution in [3.8, 4) is 5.75 Å². The van der Waals surface area contributed by atoms with E-state index in [9.17, 15) is 0 Å². The standard InChI is InChI=1S/C10H16NO/c1-9-7-5-6-8-10(9)12-11(2,3)4/h5-8H,1-4H3/q+1. The van der Waals surface area contributed by atoms with Crippen LogP contribution < -0.4 is 4.84 Å². The Kier molecular flexibility index (Phi) is 2.38. The Hall–Kier alpha value is -1.02. The van der Waals surface area contributed by atoms with E-state index >= 15 is 0 Å². The topological polar surface area (TPSA) is 9.23 Å². The van der Waals surface area contributed by atoms with Crippen LogP contribution in [-0.2, 0) is 0 Å². The van der Waals surface area contributed by atoms with E-state index in [1.54, 1.807) is 0 Å².